The summed E-state index contributed by atoms with van der Waals surface area (Å²) in [5.74, 6) is -2.18. The Morgan fingerprint density at radius 1 is 1.08 bits per heavy atom. The molecule has 0 unspecified atom stereocenters. The maximum absolute atomic E-state index is 11.7. The molecule has 0 radical (unpaired) electrons. The van der Waals surface area contributed by atoms with Gasteiger partial charge >= 0.3 is 11.9 Å². The van der Waals surface area contributed by atoms with Gasteiger partial charge in [0.25, 0.3) is 0 Å². The van der Waals surface area contributed by atoms with Crippen LogP contribution in [0.4, 0.5) is 0 Å². The number of hydrogen-bond donors (Lipinski definition) is 2. The molecule has 1 aromatic carbocycles. The lowest BCUT2D eigenvalue weighted by Crippen LogP contribution is -2.09. The van der Waals surface area contributed by atoms with Crippen LogP contribution in [0, 0.1) is 13.8 Å². The van der Waals surface area contributed by atoms with Crippen molar-refractivity contribution in [3.63, 3.8) is 0 Å². The predicted molar refractivity (Wildman–Crippen MR) is 95.9 cm³/mol. The molecule has 0 spiro atoms. The molecule has 0 aliphatic rings. The van der Waals surface area contributed by atoms with Crippen molar-refractivity contribution in [2.24, 2.45) is 0 Å². The standard InChI is InChI=1S/C19H19N3O4/c1-9(2)14-8-13(19(25)26)20-17-16(11(4)21-22(14)17)15-10(3)6-5-7-12(15)18(23)24/h5-9H,1-4H3,(H,23,24)(H,25,26). The first-order chi connectivity index (χ1) is 12.2. The van der Waals surface area contributed by atoms with Gasteiger partial charge in [-0.2, -0.15) is 5.10 Å². The van der Waals surface area contributed by atoms with Gasteiger partial charge in [-0.05, 0) is 37.5 Å². The van der Waals surface area contributed by atoms with Gasteiger partial charge in [-0.15, -0.1) is 0 Å². The van der Waals surface area contributed by atoms with Gasteiger partial charge in [-0.25, -0.2) is 19.1 Å². The fourth-order valence-corrected chi connectivity index (χ4v) is 3.14. The molecule has 0 saturated heterocycles. The van der Waals surface area contributed by atoms with E-state index in [1.807, 2.05) is 26.8 Å². The molecule has 0 saturated carbocycles. The highest BCUT2D eigenvalue weighted by atomic mass is 16.4. The van der Waals surface area contributed by atoms with Gasteiger partial charge in [0.2, 0.25) is 0 Å². The molecule has 134 valence electrons. The van der Waals surface area contributed by atoms with Gasteiger partial charge in [0.05, 0.1) is 16.8 Å². The van der Waals surface area contributed by atoms with E-state index < -0.39 is 11.9 Å². The number of benzene rings is 1. The SMILES string of the molecule is Cc1cccc(C(=O)O)c1-c1c(C)nn2c(C(C)C)cc(C(=O)O)nc12. The van der Waals surface area contributed by atoms with Crippen LogP contribution in [-0.2, 0) is 0 Å². The highest BCUT2D eigenvalue weighted by Gasteiger charge is 2.24. The third-order valence-corrected chi connectivity index (χ3v) is 4.36. The van der Waals surface area contributed by atoms with Gasteiger partial charge in [-0.1, -0.05) is 26.0 Å². The van der Waals surface area contributed by atoms with Crippen molar-refractivity contribution in [1.29, 1.82) is 0 Å². The molecular formula is C19H19N3O4. The molecule has 2 heterocycles. The molecule has 0 aliphatic heterocycles. The summed E-state index contributed by atoms with van der Waals surface area (Å²) >= 11 is 0. The Kier molecular flexibility index (Phi) is 4.23. The van der Waals surface area contributed by atoms with Crippen LogP contribution in [0.15, 0.2) is 24.3 Å². The lowest BCUT2D eigenvalue weighted by Gasteiger charge is -2.12. The average Bonchev–Trinajstić information content (AvgIpc) is 2.89. The van der Waals surface area contributed by atoms with Crippen molar-refractivity contribution >= 4 is 17.6 Å². The molecule has 7 nitrogen and oxygen atoms in total. The van der Waals surface area contributed by atoms with Crippen LogP contribution in [0.5, 0.6) is 0 Å². The van der Waals surface area contributed by atoms with Crippen LogP contribution in [-0.4, -0.2) is 36.7 Å². The Balaban J connectivity index is 2.48. The Morgan fingerprint density at radius 2 is 1.77 bits per heavy atom. The normalized spacial score (nSPS) is 11.3. The van der Waals surface area contributed by atoms with E-state index in [0.29, 0.717) is 28.2 Å². The number of nitrogens with zero attached hydrogens (tertiary/aromatic N) is 3. The Morgan fingerprint density at radius 3 is 2.35 bits per heavy atom. The van der Waals surface area contributed by atoms with Crippen molar-refractivity contribution in [2.75, 3.05) is 0 Å². The zero-order valence-corrected chi connectivity index (χ0v) is 14.9. The van der Waals surface area contributed by atoms with E-state index in [-0.39, 0.29) is 17.2 Å². The number of carbonyl (C=O) groups is 2. The maximum atomic E-state index is 11.7. The summed E-state index contributed by atoms with van der Waals surface area (Å²) in [6.07, 6.45) is 0. The topological polar surface area (TPSA) is 105 Å². The van der Waals surface area contributed by atoms with E-state index in [4.69, 9.17) is 0 Å². The fourth-order valence-electron chi connectivity index (χ4n) is 3.14. The van der Waals surface area contributed by atoms with Crippen molar-refractivity contribution < 1.29 is 19.8 Å². The third kappa shape index (κ3) is 2.71. The minimum absolute atomic E-state index is 0.0153. The molecule has 0 fully saturated rings. The van der Waals surface area contributed by atoms with Crippen molar-refractivity contribution in [3.05, 3.63) is 52.5 Å². The van der Waals surface area contributed by atoms with Crippen molar-refractivity contribution in [3.8, 4) is 11.1 Å². The van der Waals surface area contributed by atoms with Crippen LogP contribution < -0.4 is 0 Å². The van der Waals surface area contributed by atoms with Gasteiger partial charge in [0.1, 0.15) is 0 Å². The van der Waals surface area contributed by atoms with Crippen LogP contribution >= 0.6 is 0 Å². The molecule has 0 atom stereocenters. The van der Waals surface area contributed by atoms with Crippen molar-refractivity contribution in [2.45, 2.75) is 33.6 Å². The summed E-state index contributed by atoms with van der Waals surface area (Å²) in [6, 6.07) is 6.53. The molecule has 2 N–H and O–H groups in total. The molecule has 0 bridgehead atoms. The minimum atomic E-state index is -1.14. The summed E-state index contributed by atoms with van der Waals surface area (Å²) in [6.45, 7) is 7.46. The molecule has 0 amide bonds. The summed E-state index contributed by atoms with van der Waals surface area (Å²) in [5.41, 5.74) is 3.51. The van der Waals surface area contributed by atoms with Crippen LogP contribution in [0.1, 0.15) is 57.6 Å². The Hall–Kier alpha value is -3.22. The van der Waals surface area contributed by atoms with Crippen molar-refractivity contribution in [1.82, 2.24) is 14.6 Å². The minimum Gasteiger partial charge on any atom is -0.478 e. The molecular weight excluding hydrogens is 334 g/mol. The average molecular weight is 353 g/mol. The number of fused-ring (bicyclic) bond motifs is 1. The lowest BCUT2D eigenvalue weighted by atomic mass is 9.95. The number of aromatic carboxylic acids is 2. The maximum Gasteiger partial charge on any atom is 0.354 e. The predicted octanol–water partition coefficient (Wildman–Crippen LogP) is 3.53. The van der Waals surface area contributed by atoms with Gasteiger partial charge in [-0.3, -0.25) is 0 Å². The van der Waals surface area contributed by atoms with Crippen LogP contribution in [0.25, 0.3) is 16.8 Å². The van der Waals surface area contributed by atoms with E-state index in [1.54, 1.807) is 17.5 Å². The quantitative estimate of drug-likeness (QED) is 0.743. The summed E-state index contributed by atoms with van der Waals surface area (Å²) in [4.78, 5) is 27.5. The first-order valence-corrected chi connectivity index (χ1v) is 8.19. The number of carboxylic acids is 2. The first-order valence-electron chi connectivity index (χ1n) is 8.19. The second kappa shape index (κ2) is 6.25. The second-order valence-electron chi connectivity index (χ2n) is 6.52. The number of aromatic nitrogens is 3. The summed E-state index contributed by atoms with van der Waals surface area (Å²) < 4.78 is 1.61. The van der Waals surface area contributed by atoms with E-state index in [2.05, 4.69) is 10.1 Å². The third-order valence-electron chi connectivity index (χ3n) is 4.36. The number of hydrogen-bond acceptors (Lipinski definition) is 4. The summed E-state index contributed by atoms with van der Waals surface area (Å²) in [5, 5.41) is 23.5. The van der Waals surface area contributed by atoms with Gasteiger partial charge in [0.15, 0.2) is 11.3 Å². The number of aryl methyl sites for hydroxylation is 2. The van der Waals surface area contributed by atoms with E-state index in [1.165, 1.54) is 12.1 Å². The highest BCUT2D eigenvalue weighted by molar-refractivity contribution is 6.00. The number of carboxylic acid groups (broad SMARTS) is 2. The Labute approximate surface area is 149 Å². The van der Waals surface area contributed by atoms with E-state index in [9.17, 15) is 19.8 Å². The molecule has 3 rings (SSSR count). The monoisotopic (exact) mass is 353 g/mol. The zero-order chi connectivity index (χ0) is 19.2. The Bertz CT molecular complexity index is 1050. The highest BCUT2D eigenvalue weighted by Crippen LogP contribution is 2.34. The van der Waals surface area contributed by atoms with Gasteiger partial charge < -0.3 is 10.2 Å². The van der Waals surface area contributed by atoms with Crippen LogP contribution in [0.2, 0.25) is 0 Å². The fraction of sp³-hybridized carbons (Fsp3) is 0.263. The second-order valence-corrected chi connectivity index (χ2v) is 6.52. The van der Waals surface area contributed by atoms with E-state index in [0.717, 1.165) is 5.56 Å². The lowest BCUT2D eigenvalue weighted by molar-refractivity contribution is 0.0682. The smallest absolute Gasteiger partial charge is 0.354 e. The largest absolute Gasteiger partial charge is 0.478 e. The number of rotatable bonds is 4. The van der Waals surface area contributed by atoms with E-state index >= 15 is 0 Å². The molecule has 3 aromatic rings. The zero-order valence-electron chi connectivity index (χ0n) is 14.9. The first kappa shape index (κ1) is 17.6. The van der Waals surface area contributed by atoms with Gasteiger partial charge in [0, 0.05) is 11.3 Å². The summed E-state index contributed by atoms with van der Waals surface area (Å²) in [7, 11) is 0. The van der Waals surface area contributed by atoms with Crippen LogP contribution in [0.3, 0.4) is 0 Å². The molecule has 0 aliphatic carbocycles. The molecule has 26 heavy (non-hydrogen) atoms. The molecule has 2 aromatic heterocycles. The molecule has 7 heteroatoms.